The number of amides is 1. The van der Waals surface area contributed by atoms with E-state index in [1.165, 1.54) is 0 Å². The van der Waals surface area contributed by atoms with Gasteiger partial charge in [0.05, 0.1) is 24.2 Å². The number of rotatable bonds is 5. The van der Waals surface area contributed by atoms with Gasteiger partial charge in [-0.2, -0.15) is 10.5 Å². The first-order valence-corrected chi connectivity index (χ1v) is 5.09. The summed E-state index contributed by atoms with van der Waals surface area (Å²) < 4.78 is 0. The van der Waals surface area contributed by atoms with Crippen LogP contribution in [0.2, 0.25) is 0 Å². The number of hydrogen-bond acceptors (Lipinski definition) is 4. The van der Waals surface area contributed by atoms with Gasteiger partial charge >= 0.3 is 0 Å². The van der Waals surface area contributed by atoms with E-state index in [4.69, 9.17) is 10.5 Å². The van der Waals surface area contributed by atoms with Crippen LogP contribution in [0.1, 0.15) is 11.1 Å². The van der Waals surface area contributed by atoms with Gasteiger partial charge in [-0.1, -0.05) is 12.1 Å². The van der Waals surface area contributed by atoms with Crippen molar-refractivity contribution in [2.75, 3.05) is 13.1 Å². The molecule has 1 aromatic carbocycles. The number of hydrogen-bond donors (Lipinski definition) is 2. The number of nitriles is 2. The molecule has 0 atom stereocenters. The standard InChI is InChI=1S/C12H12N4O/c13-5-6-16-12(17)9-15-8-11-3-1-10(7-14)2-4-11/h1-4,15H,6,8-9H2,(H,16,17). The lowest BCUT2D eigenvalue weighted by Crippen LogP contribution is -2.33. The zero-order valence-electron chi connectivity index (χ0n) is 9.23. The van der Waals surface area contributed by atoms with Crippen molar-refractivity contribution in [2.24, 2.45) is 0 Å². The summed E-state index contributed by atoms with van der Waals surface area (Å²) in [6, 6.07) is 11.0. The Balaban J connectivity index is 2.29. The molecule has 0 unspecified atom stereocenters. The van der Waals surface area contributed by atoms with Crippen LogP contribution in [-0.4, -0.2) is 19.0 Å². The van der Waals surface area contributed by atoms with Crippen molar-refractivity contribution in [3.63, 3.8) is 0 Å². The van der Waals surface area contributed by atoms with Gasteiger partial charge in [-0.05, 0) is 17.7 Å². The molecular formula is C12H12N4O. The summed E-state index contributed by atoms with van der Waals surface area (Å²) in [5.41, 5.74) is 1.61. The maximum absolute atomic E-state index is 11.1. The molecule has 0 fully saturated rings. The number of carbonyl (C=O) groups excluding carboxylic acids is 1. The van der Waals surface area contributed by atoms with Gasteiger partial charge < -0.3 is 10.6 Å². The van der Waals surface area contributed by atoms with Gasteiger partial charge in [0.15, 0.2) is 0 Å². The summed E-state index contributed by atoms with van der Waals surface area (Å²) in [6.45, 7) is 0.741. The van der Waals surface area contributed by atoms with Crippen LogP contribution in [0.3, 0.4) is 0 Å². The average Bonchev–Trinajstić information content (AvgIpc) is 2.37. The highest BCUT2D eigenvalue weighted by atomic mass is 16.1. The smallest absolute Gasteiger partial charge is 0.234 e. The molecule has 86 valence electrons. The highest BCUT2D eigenvalue weighted by Gasteiger charge is 1.99. The largest absolute Gasteiger partial charge is 0.342 e. The van der Waals surface area contributed by atoms with E-state index in [9.17, 15) is 4.79 Å². The summed E-state index contributed by atoms with van der Waals surface area (Å²) in [4.78, 5) is 11.1. The van der Waals surface area contributed by atoms with Gasteiger partial charge in [0.2, 0.25) is 5.91 Å². The van der Waals surface area contributed by atoms with Crippen LogP contribution in [0.5, 0.6) is 0 Å². The quantitative estimate of drug-likeness (QED) is 0.709. The van der Waals surface area contributed by atoms with E-state index in [2.05, 4.69) is 10.6 Å². The van der Waals surface area contributed by atoms with Crippen molar-refractivity contribution < 1.29 is 4.79 Å². The fourth-order valence-electron chi connectivity index (χ4n) is 1.22. The molecule has 0 saturated carbocycles. The van der Waals surface area contributed by atoms with Crippen LogP contribution in [0.15, 0.2) is 24.3 Å². The third kappa shape index (κ3) is 4.78. The molecule has 0 radical (unpaired) electrons. The number of benzene rings is 1. The minimum Gasteiger partial charge on any atom is -0.342 e. The van der Waals surface area contributed by atoms with Crippen molar-refractivity contribution in [3.05, 3.63) is 35.4 Å². The molecule has 0 aromatic heterocycles. The van der Waals surface area contributed by atoms with Crippen LogP contribution >= 0.6 is 0 Å². The first-order chi connectivity index (χ1) is 8.26. The van der Waals surface area contributed by atoms with Crippen LogP contribution in [0.4, 0.5) is 0 Å². The lowest BCUT2D eigenvalue weighted by atomic mass is 10.1. The van der Waals surface area contributed by atoms with Gasteiger partial charge in [-0.15, -0.1) is 0 Å². The third-order valence-electron chi connectivity index (χ3n) is 2.06. The second kappa shape index (κ2) is 7.00. The van der Waals surface area contributed by atoms with Gasteiger partial charge in [0, 0.05) is 6.54 Å². The Morgan fingerprint density at radius 3 is 2.53 bits per heavy atom. The van der Waals surface area contributed by atoms with E-state index in [-0.39, 0.29) is 19.0 Å². The summed E-state index contributed by atoms with van der Waals surface area (Å²) in [5.74, 6) is -0.208. The Morgan fingerprint density at radius 1 is 1.24 bits per heavy atom. The lowest BCUT2D eigenvalue weighted by molar-refractivity contribution is -0.120. The van der Waals surface area contributed by atoms with E-state index in [1.54, 1.807) is 12.1 Å². The van der Waals surface area contributed by atoms with Crippen LogP contribution in [0.25, 0.3) is 0 Å². The zero-order chi connectivity index (χ0) is 12.5. The Bertz CT molecular complexity index is 453. The van der Waals surface area contributed by atoms with Gasteiger partial charge in [0.1, 0.15) is 6.54 Å². The second-order valence-corrected chi connectivity index (χ2v) is 3.35. The molecule has 2 N–H and O–H groups in total. The topological polar surface area (TPSA) is 88.7 Å². The Morgan fingerprint density at radius 2 is 1.94 bits per heavy atom. The molecule has 0 spiro atoms. The highest BCUT2D eigenvalue weighted by Crippen LogP contribution is 2.02. The summed E-state index contributed by atoms with van der Waals surface area (Å²) in [6.07, 6.45) is 0. The molecule has 1 aromatic rings. The fourth-order valence-corrected chi connectivity index (χ4v) is 1.22. The lowest BCUT2D eigenvalue weighted by Gasteiger charge is -2.04. The van der Waals surface area contributed by atoms with Crippen LogP contribution in [-0.2, 0) is 11.3 Å². The second-order valence-electron chi connectivity index (χ2n) is 3.35. The molecule has 0 aliphatic heterocycles. The molecule has 0 aliphatic rings. The molecule has 0 heterocycles. The molecule has 5 heteroatoms. The van der Waals surface area contributed by atoms with Gasteiger partial charge in [-0.25, -0.2) is 0 Å². The predicted molar refractivity (Wildman–Crippen MR) is 61.5 cm³/mol. The van der Waals surface area contributed by atoms with E-state index in [1.807, 2.05) is 24.3 Å². The minimum atomic E-state index is -0.208. The maximum Gasteiger partial charge on any atom is 0.234 e. The summed E-state index contributed by atoms with van der Waals surface area (Å²) in [5, 5.41) is 22.2. The van der Waals surface area contributed by atoms with E-state index < -0.39 is 0 Å². The number of nitrogens with zero attached hydrogens (tertiary/aromatic N) is 2. The Kier molecular flexibility index (Phi) is 5.23. The molecule has 0 bridgehead atoms. The average molecular weight is 228 g/mol. The van der Waals surface area contributed by atoms with Crippen molar-refractivity contribution in [3.8, 4) is 12.1 Å². The van der Waals surface area contributed by atoms with E-state index in [0.29, 0.717) is 12.1 Å². The van der Waals surface area contributed by atoms with Crippen molar-refractivity contribution in [2.45, 2.75) is 6.54 Å². The van der Waals surface area contributed by atoms with E-state index in [0.717, 1.165) is 5.56 Å². The summed E-state index contributed by atoms with van der Waals surface area (Å²) in [7, 11) is 0. The molecular weight excluding hydrogens is 216 g/mol. The molecule has 0 aliphatic carbocycles. The molecule has 1 rings (SSSR count). The zero-order valence-corrected chi connectivity index (χ0v) is 9.23. The molecule has 17 heavy (non-hydrogen) atoms. The van der Waals surface area contributed by atoms with Gasteiger partial charge in [0.25, 0.3) is 0 Å². The van der Waals surface area contributed by atoms with Crippen molar-refractivity contribution in [1.82, 2.24) is 10.6 Å². The number of nitrogens with one attached hydrogen (secondary N) is 2. The molecule has 0 saturated heterocycles. The summed E-state index contributed by atoms with van der Waals surface area (Å²) >= 11 is 0. The monoisotopic (exact) mass is 228 g/mol. The van der Waals surface area contributed by atoms with Crippen LogP contribution < -0.4 is 10.6 Å². The SMILES string of the molecule is N#CCNC(=O)CNCc1ccc(C#N)cc1. The third-order valence-corrected chi connectivity index (χ3v) is 2.06. The minimum absolute atomic E-state index is 0.0252. The predicted octanol–water partition coefficient (Wildman–Crippen LogP) is 0.288. The normalized spacial score (nSPS) is 9.06. The Labute approximate surface area is 99.7 Å². The molecule has 1 amide bonds. The van der Waals surface area contributed by atoms with E-state index >= 15 is 0 Å². The van der Waals surface area contributed by atoms with Crippen molar-refractivity contribution >= 4 is 5.91 Å². The first-order valence-electron chi connectivity index (χ1n) is 5.09. The maximum atomic E-state index is 11.1. The number of carbonyl (C=O) groups is 1. The fraction of sp³-hybridized carbons (Fsp3) is 0.250. The van der Waals surface area contributed by atoms with Gasteiger partial charge in [-0.3, -0.25) is 4.79 Å². The van der Waals surface area contributed by atoms with Crippen LogP contribution in [0, 0.1) is 22.7 Å². The van der Waals surface area contributed by atoms with Crippen molar-refractivity contribution in [1.29, 1.82) is 10.5 Å². The Hall–Kier alpha value is -2.37. The first kappa shape index (κ1) is 12.7. The highest BCUT2D eigenvalue weighted by molar-refractivity contribution is 5.78. The molecule has 5 nitrogen and oxygen atoms in total.